The number of aryl methyl sites for hydroxylation is 3. The molecule has 2 aromatic rings. The van der Waals surface area contributed by atoms with Crippen LogP contribution in [0.15, 0.2) is 60.7 Å². The maximum atomic E-state index is 13.5. The Bertz CT molecular complexity index is 992. The smallest absolute Gasteiger partial charge is 0.228 e. The number of allylic oxidation sites excluding steroid dienone is 4. The van der Waals surface area contributed by atoms with Crippen LogP contribution in [0.1, 0.15) is 46.1 Å². The molecule has 2 aromatic carbocycles. The number of amides is 1. The Hall–Kier alpha value is -2.61. The summed E-state index contributed by atoms with van der Waals surface area (Å²) >= 11 is 0. The first-order valence-corrected chi connectivity index (χ1v) is 10.4. The van der Waals surface area contributed by atoms with Gasteiger partial charge >= 0.3 is 0 Å². The second kappa shape index (κ2) is 6.48. The summed E-state index contributed by atoms with van der Waals surface area (Å²) in [4.78, 5) is 13.5. The second-order valence-electron chi connectivity index (χ2n) is 8.79. The van der Waals surface area contributed by atoms with Crippen molar-refractivity contribution in [3.63, 3.8) is 0 Å². The molecule has 0 spiro atoms. The highest BCUT2D eigenvalue weighted by Gasteiger charge is 2.52. The van der Waals surface area contributed by atoms with Gasteiger partial charge in [0.15, 0.2) is 0 Å². The lowest BCUT2D eigenvalue weighted by atomic mass is 9.51. The quantitative estimate of drug-likeness (QED) is 0.711. The van der Waals surface area contributed by atoms with Gasteiger partial charge < -0.3 is 5.32 Å². The Kier molecular flexibility index (Phi) is 4.04. The van der Waals surface area contributed by atoms with E-state index < -0.39 is 0 Å². The van der Waals surface area contributed by atoms with Crippen molar-refractivity contribution in [2.75, 3.05) is 5.32 Å². The zero-order valence-corrected chi connectivity index (χ0v) is 16.8. The summed E-state index contributed by atoms with van der Waals surface area (Å²) in [6, 6.07) is 13.1. The molecule has 0 aliphatic heterocycles. The average Bonchev–Trinajstić information content (AvgIpc) is 2.70. The number of hydrogen-bond donors (Lipinski definition) is 1. The molecule has 6 rings (SSSR count). The Labute approximate surface area is 167 Å². The molecule has 4 aliphatic rings. The third-order valence-electron chi connectivity index (χ3n) is 7.06. The van der Waals surface area contributed by atoms with Crippen molar-refractivity contribution >= 4 is 11.6 Å². The van der Waals surface area contributed by atoms with Crippen molar-refractivity contribution in [1.82, 2.24) is 0 Å². The van der Waals surface area contributed by atoms with E-state index in [2.05, 4.69) is 86.8 Å². The molecule has 4 aliphatic carbocycles. The van der Waals surface area contributed by atoms with Gasteiger partial charge in [-0.3, -0.25) is 4.79 Å². The van der Waals surface area contributed by atoms with Crippen LogP contribution in [0.5, 0.6) is 0 Å². The molecular formula is C26H27NO. The predicted molar refractivity (Wildman–Crippen MR) is 115 cm³/mol. The van der Waals surface area contributed by atoms with Crippen LogP contribution in [0.3, 0.4) is 0 Å². The summed E-state index contributed by atoms with van der Waals surface area (Å²) in [5.41, 5.74) is 7.36. The fourth-order valence-electron chi connectivity index (χ4n) is 6.02. The number of anilines is 1. The van der Waals surface area contributed by atoms with Gasteiger partial charge in [0.1, 0.15) is 0 Å². The molecule has 0 heterocycles. The Morgan fingerprint density at radius 2 is 1.57 bits per heavy atom. The fraction of sp³-hybridized carbons (Fsp3) is 0.346. The standard InChI is InChI=1S/C26H27NO/c1-15-12-16(2)25(17(3)13-15)27-26(28)23-14-22-18-8-4-6-10-20(18)24(23)21-11-7-5-9-19(21)22/h4-13,18,20,22-24H,14H2,1-3H3,(H,27,28)/t18-,20+,22-,23+,24-/m1/s1. The lowest BCUT2D eigenvalue weighted by Gasteiger charge is -2.52. The van der Waals surface area contributed by atoms with E-state index in [0.29, 0.717) is 17.8 Å². The third kappa shape index (κ3) is 2.58. The molecule has 142 valence electrons. The SMILES string of the molecule is Cc1cc(C)c(NC(=O)[C@H]2C[C@H]3c4ccccc4[C@H]2[C@H]2C=CC=C[C@H]23)c(C)c1. The molecule has 2 nitrogen and oxygen atoms in total. The van der Waals surface area contributed by atoms with Crippen LogP contribution >= 0.6 is 0 Å². The van der Waals surface area contributed by atoms with Gasteiger partial charge in [-0.2, -0.15) is 0 Å². The summed E-state index contributed by atoms with van der Waals surface area (Å²) in [7, 11) is 0. The monoisotopic (exact) mass is 369 g/mol. The summed E-state index contributed by atoms with van der Waals surface area (Å²) in [6.07, 6.45) is 9.98. The molecule has 2 heteroatoms. The zero-order valence-electron chi connectivity index (χ0n) is 16.8. The van der Waals surface area contributed by atoms with Gasteiger partial charge in [-0.25, -0.2) is 0 Å². The van der Waals surface area contributed by atoms with Crippen LogP contribution in [0.2, 0.25) is 0 Å². The Balaban J connectivity index is 1.51. The molecule has 28 heavy (non-hydrogen) atoms. The highest BCUT2D eigenvalue weighted by Crippen LogP contribution is 2.59. The number of nitrogens with one attached hydrogen (secondary N) is 1. The maximum Gasteiger partial charge on any atom is 0.228 e. The predicted octanol–water partition coefficient (Wildman–Crippen LogP) is 5.81. The van der Waals surface area contributed by atoms with E-state index in [1.807, 2.05) is 0 Å². The fourth-order valence-corrected chi connectivity index (χ4v) is 6.02. The number of fused-ring (bicyclic) bond motifs is 1. The molecule has 0 saturated heterocycles. The highest BCUT2D eigenvalue weighted by atomic mass is 16.1. The topological polar surface area (TPSA) is 29.1 Å². The minimum atomic E-state index is 0.0254. The number of rotatable bonds is 2. The van der Waals surface area contributed by atoms with Gasteiger partial charge in [0.25, 0.3) is 0 Å². The van der Waals surface area contributed by atoms with E-state index in [4.69, 9.17) is 0 Å². The number of carbonyl (C=O) groups excluding carboxylic acids is 1. The van der Waals surface area contributed by atoms with E-state index in [-0.39, 0.29) is 17.7 Å². The van der Waals surface area contributed by atoms with Gasteiger partial charge in [-0.05, 0) is 67.2 Å². The lowest BCUT2D eigenvalue weighted by Crippen LogP contribution is -2.46. The van der Waals surface area contributed by atoms with Crippen LogP contribution in [0.25, 0.3) is 0 Å². The van der Waals surface area contributed by atoms with Crippen molar-refractivity contribution < 1.29 is 4.79 Å². The highest BCUT2D eigenvalue weighted by molar-refractivity contribution is 5.95. The minimum Gasteiger partial charge on any atom is -0.325 e. The van der Waals surface area contributed by atoms with Gasteiger partial charge in [-0.1, -0.05) is 66.3 Å². The van der Waals surface area contributed by atoms with Crippen LogP contribution in [0.4, 0.5) is 5.69 Å². The number of benzene rings is 2. The molecule has 1 N–H and O–H groups in total. The molecule has 0 aromatic heterocycles. The molecule has 0 radical (unpaired) electrons. The average molecular weight is 370 g/mol. The van der Waals surface area contributed by atoms with Crippen molar-refractivity contribution in [2.24, 2.45) is 17.8 Å². The minimum absolute atomic E-state index is 0.0254. The lowest BCUT2D eigenvalue weighted by molar-refractivity contribution is -0.122. The van der Waals surface area contributed by atoms with E-state index >= 15 is 0 Å². The van der Waals surface area contributed by atoms with Crippen molar-refractivity contribution in [3.05, 3.63) is 88.5 Å². The van der Waals surface area contributed by atoms with Gasteiger partial charge in [-0.15, -0.1) is 0 Å². The summed E-state index contributed by atoms with van der Waals surface area (Å²) in [5.74, 6) is 1.85. The first kappa shape index (κ1) is 17.5. The van der Waals surface area contributed by atoms with E-state index in [0.717, 1.165) is 23.2 Å². The van der Waals surface area contributed by atoms with Crippen molar-refractivity contribution in [1.29, 1.82) is 0 Å². The van der Waals surface area contributed by atoms with Crippen LogP contribution in [0, 0.1) is 38.5 Å². The van der Waals surface area contributed by atoms with Crippen LogP contribution in [-0.2, 0) is 4.79 Å². The summed E-state index contributed by atoms with van der Waals surface area (Å²) in [6.45, 7) is 6.27. The van der Waals surface area contributed by atoms with Crippen molar-refractivity contribution in [2.45, 2.75) is 39.0 Å². The molecule has 1 amide bonds. The molecule has 2 bridgehead atoms. The first-order chi connectivity index (χ1) is 13.5. The normalized spacial score (nSPS) is 29.3. The summed E-state index contributed by atoms with van der Waals surface area (Å²) < 4.78 is 0. The molecule has 1 fully saturated rings. The largest absolute Gasteiger partial charge is 0.325 e. The molecule has 5 atom stereocenters. The van der Waals surface area contributed by atoms with Crippen LogP contribution < -0.4 is 5.32 Å². The van der Waals surface area contributed by atoms with Gasteiger partial charge in [0, 0.05) is 17.5 Å². The summed E-state index contributed by atoms with van der Waals surface area (Å²) in [5, 5.41) is 3.31. The van der Waals surface area contributed by atoms with Gasteiger partial charge in [0.05, 0.1) is 0 Å². The zero-order chi connectivity index (χ0) is 19.4. The van der Waals surface area contributed by atoms with E-state index in [9.17, 15) is 4.79 Å². The van der Waals surface area contributed by atoms with Crippen molar-refractivity contribution in [3.8, 4) is 0 Å². The molecule has 1 saturated carbocycles. The van der Waals surface area contributed by atoms with Gasteiger partial charge in [0.2, 0.25) is 5.91 Å². The first-order valence-electron chi connectivity index (χ1n) is 10.4. The van der Waals surface area contributed by atoms with E-state index in [1.54, 1.807) is 0 Å². The number of carbonyl (C=O) groups is 1. The Morgan fingerprint density at radius 1 is 0.929 bits per heavy atom. The molecular weight excluding hydrogens is 342 g/mol. The van der Waals surface area contributed by atoms with E-state index in [1.165, 1.54) is 16.7 Å². The van der Waals surface area contributed by atoms with Crippen LogP contribution in [-0.4, -0.2) is 5.91 Å². The number of hydrogen-bond acceptors (Lipinski definition) is 1. The molecule has 0 unspecified atom stereocenters. The Morgan fingerprint density at radius 3 is 2.29 bits per heavy atom. The third-order valence-corrected chi connectivity index (χ3v) is 7.06. The second-order valence-corrected chi connectivity index (χ2v) is 8.79. The maximum absolute atomic E-state index is 13.5.